The van der Waals surface area contributed by atoms with Gasteiger partial charge in [-0.2, -0.15) is 9.97 Å². The van der Waals surface area contributed by atoms with Crippen LogP contribution in [-0.2, 0) is 4.79 Å². The molecule has 7 nitrogen and oxygen atoms in total. The molecule has 0 radical (unpaired) electrons. The Bertz CT molecular complexity index is 497. The molecule has 24 heavy (non-hydrogen) atoms. The molecule has 0 spiro atoms. The summed E-state index contributed by atoms with van der Waals surface area (Å²) in [5.74, 6) is -0.246. The number of aliphatic carboxylic acids is 1. The maximum Gasteiger partial charge on any atom is 0.220 e. The molecule has 2 rings (SSSR count). The minimum absolute atomic E-state index is 0.116. The first-order valence-corrected chi connectivity index (χ1v) is 8.93. The highest BCUT2D eigenvalue weighted by Gasteiger charge is 2.28. The predicted octanol–water partition coefficient (Wildman–Crippen LogP) is 0.531. The summed E-state index contributed by atoms with van der Waals surface area (Å²) in [5, 5.41) is 11.1. The van der Waals surface area contributed by atoms with Crippen LogP contribution in [0.3, 0.4) is 0 Å². The van der Waals surface area contributed by atoms with Crippen LogP contribution in [0, 0.1) is 5.92 Å². The fourth-order valence-corrected chi connectivity index (χ4v) is 3.43. The van der Waals surface area contributed by atoms with E-state index < -0.39 is 11.2 Å². The first kappa shape index (κ1) is 20.5. The Morgan fingerprint density at radius 2 is 1.71 bits per heavy atom. The fourth-order valence-electron chi connectivity index (χ4n) is 2.36. The van der Waals surface area contributed by atoms with Gasteiger partial charge in [0.15, 0.2) is 5.16 Å². The Kier molecular flexibility index (Phi) is 8.84. The second-order valence-electron chi connectivity index (χ2n) is 6.03. The van der Waals surface area contributed by atoms with E-state index in [1.165, 1.54) is 14.2 Å². The SMILES string of the molecule is CC(C)[NH3+].COc1cc(OC)nc(SC(C(=O)[O-])C2CCCC2)n1. The number of carboxylic acids is 1. The number of carbonyl (C=O) groups is 1. The summed E-state index contributed by atoms with van der Waals surface area (Å²) >= 11 is 1.11. The van der Waals surface area contributed by atoms with E-state index >= 15 is 0 Å². The van der Waals surface area contributed by atoms with Gasteiger partial charge >= 0.3 is 0 Å². The molecular weight excluding hydrogens is 330 g/mol. The van der Waals surface area contributed by atoms with Crippen molar-refractivity contribution in [1.29, 1.82) is 0 Å². The second kappa shape index (κ2) is 10.4. The number of ether oxygens (including phenoxy) is 2. The highest BCUT2D eigenvalue weighted by Crippen LogP contribution is 2.36. The highest BCUT2D eigenvalue weighted by atomic mass is 32.2. The number of carbonyl (C=O) groups excluding carboxylic acids is 1. The van der Waals surface area contributed by atoms with Crippen molar-refractivity contribution in [3.63, 3.8) is 0 Å². The van der Waals surface area contributed by atoms with Crippen molar-refractivity contribution >= 4 is 17.7 Å². The van der Waals surface area contributed by atoms with Gasteiger partial charge in [0.05, 0.1) is 37.5 Å². The molecule has 3 N–H and O–H groups in total. The topological polar surface area (TPSA) is 112 Å². The van der Waals surface area contributed by atoms with Gasteiger partial charge in [-0.3, -0.25) is 0 Å². The van der Waals surface area contributed by atoms with Gasteiger partial charge in [-0.1, -0.05) is 24.6 Å². The summed E-state index contributed by atoms with van der Waals surface area (Å²) < 4.78 is 10.1. The average molecular weight is 357 g/mol. The molecule has 1 unspecified atom stereocenters. The maximum atomic E-state index is 11.3. The minimum Gasteiger partial charge on any atom is -0.549 e. The Hall–Kier alpha value is -1.54. The van der Waals surface area contributed by atoms with Crippen LogP contribution in [0.15, 0.2) is 11.2 Å². The number of carboxylic acid groups (broad SMARTS) is 1. The maximum absolute atomic E-state index is 11.3. The summed E-state index contributed by atoms with van der Waals surface area (Å²) in [5.41, 5.74) is 3.64. The number of aromatic nitrogens is 2. The van der Waals surface area contributed by atoms with E-state index in [4.69, 9.17) is 9.47 Å². The van der Waals surface area contributed by atoms with Crippen LogP contribution in [0.4, 0.5) is 0 Å². The third-order valence-corrected chi connectivity index (χ3v) is 4.59. The fraction of sp³-hybridized carbons (Fsp3) is 0.688. The average Bonchev–Trinajstić information content (AvgIpc) is 3.05. The monoisotopic (exact) mass is 357 g/mol. The van der Waals surface area contributed by atoms with Crippen molar-refractivity contribution in [1.82, 2.24) is 9.97 Å². The lowest BCUT2D eigenvalue weighted by molar-refractivity contribution is -0.407. The molecule has 0 bridgehead atoms. The van der Waals surface area contributed by atoms with Crippen LogP contribution in [0.1, 0.15) is 39.5 Å². The number of quaternary nitrogens is 1. The van der Waals surface area contributed by atoms with E-state index in [0.29, 0.717) is 23.0 Å². The van der Waals surface area contributed by atoms with Crippen molar-refractivity contribution in [3.05, 3.63) is 6.07 Å². The first-order valence-electron chi connectivity index (χ1n) is 8.05. The summed E-state index contributed by atoms with van der Waals surface area (Å²) in [7, 11) is 2.98. The van der Waals surface area contributed by atoms with Gasteiger partial charge in [0.2, 0.25) is 11.8 Å². The number of rotatable bonds is 6. The summed E-state index contributed by atoms with van der Waals surface area (Å²) in [4.78, 5) is 19.7. The van der Waals surface area contributed by atoms with E-state index in [1.807, 2.05) is 0 Å². The predicted molar refractivity (Wildman–Crippen MR) is 89.8 cm³/mol. The zero-order chi connectivity index (χ0) is 18.1. The Morgan fingerprint density at radius 1 is 1.25 bits per heavy atom. The molecule has 0 aliphatic heterocycles. The van der Waals surface area contributed by atoms with E-state index in [9.17, 15) is 9.90 Å². The minimum atomic E-state index is -1.06. The van der Waals surface area contributed by atoms with E-state index in [2.05, 4.69) is 29.5 Å². The van der Waals surface area contributed by atoms with Gasteiger partial charge in [-0.05, 0) is 32.6 Å². The largest absolute Gasteiger partial charge is 0.549 e. The first-order chi connectivity index (χ1) is 11.4. The van der Waals surface area contributed by atoms with Crippen LogP contribution in [0.5, 0.6) is 11.8 Å². The van der Waals surface area contributed by atoms with Gasteiger partial charge in [0.1, 0.15) is 0 Å². The van der Waals surface area contributed by atoms with Crippen molar-refractivity contribution in [2.75, 3.05) is 14.2 Å². The van der Waals surface area contributed by atoms with Gasteiger partial charge in [0.25, 0.3) is 0 Å². The third-order valence-electron chi connectivity index (χ3n) is 3.37. The normalized spacial score (nSPS) is 15.6. The molecule has 8 heteroatoms. The second-order valence-corrected chi connectivity index (χ2v) is 7.14. The van der Waals surface area contributed by atoms with Gasteiger partial charge < -0.3 is 25.1 Å². The van der Waals surface area contributed by atoms with E-state index in [0.717, 1.165) is 37.4 Å². The lowest BCUT2D eigenvalue weighted by Gasteiger charge is -2.23. The standard InChI is InChI=1S/C13H18N2O4S.C3H9N/c1-18-9-7-10(19-2)15-13(14-9)20-11(12(16)17)8-5-3-4-6-8;1-3(2)4/h7-8,11H,3-6H2,1-2H3,(H,16,17);3H,4H2,1-2H3. The van der Waals surface area contributed by atoms with E-state index in [-0.39, 0.29) is 5.92 Å². The van der Waals surface area contributed by atoms with Crippen LogP contribution in [0.25, 0.3) is 0 Å². The van der Waals surface area contributed by atoms with Crippen molar-refractivity contribution in [3.8, 4) is 11.8 Å². The molecule has 1 aliphatic carbocycles. The molecule has 136 valence electrons. The number of hydrogen-bond acceptors (Lipinski definition) is 7. The molecule has 0 aromatic carbocycles. The number of methoxy groups -OCH3 is 2. The molecule has 1 atom stereocenters. The zero-order valence-electron chi connectivity index (χ0n) is 14.8. The van der Waals surface area contributed by atoms with Crippen molar-refractivity contribution < 1.29 is 25.1 Å². The van der Waals surface area contributed by atoms with Crippen LogP contribution in [-0.4, -0.2) is 41.4 Å². The third kappa shape index (κ3) is 6.92. The molecule has 1 aromatic heterocycles. The number of hydrogen-bond donors (Lipinski definition) is 1. The van der Waals surface area contributed by atoms with Crippen LogP contribution < -0.4 is 20.3 Å². The van der Waals surface area contributed by atoms with Crippen molar-refractivity contribution in [2.24, 2.45) is 5.92 Å². The van der Waals surface area contributed by atoms with Gasteiger partial charge in [-0.25, -0.2) is 0 Å². The Labute approximate surface area is 147 Å². The quantitative estimate of drug-likeness (QED) is 0.584. The molecule has 1 aromatic rings. The molecule has 1 heterocycles. The molecule has 0 amide bonds. The van der Waals surface area contributed by atoms with Crippen LogP contribution in [0.2, 0.25) is 0 Å². The lowest BCUT2D eigenvalue weighted by atomic mass is 10.0. The Morgan fingerprint density at radius 3 is 2.08 bits per heavy atom. The Balaban J connectivity index is 0.000000648. The zero-order valence-corrected chi connectivity index (χ0v) is 15.6. The van der Waals surface area contributed by atoms with Crippen molar-refractivity contribution in [2.45, 2.75) is 56.0 Å². The molecule has 1 fully saturated rings. The smallest absolute Gasteiger partial charge is 0.220 e. The van der Waals surface area contributed by atoms with Gasteiger partial charge in [-0.15, -0.1) is 0 Å². The molecule has 0 saturated heterocycles. The van der Waals surface area contributed by atoms with Gasteiger partial charge in [0, 0.05) is 0 Å². The molecular formula is C16H27N3O4S. The number of thioether (sulfide) groups is 1. The molecule has 1 saturated carbocycles. The lowest BCUT2D eigenvalue weighted by Crippen LogP contribution is -2.57. The number of nitrogens with zero attached hydrogens (tertiary/aromatic N) is 2. The molecule has 1 aliphatic rings. The van der Waals surface area contributed by atoms with E-state index in [1.54, 1.807) is 6.07 Å². The summed E-state index contributed by atoms with van der Waals surface area (Å²) in [6.45, 7) is 4.11. The summed E-state index contributed by atoms with van der Waals surface area (Å²) in [6, 6.07) is 2.13. The van der Waals surface area contributed by atoms with Crippen LogP contribution >= 0.6 is 11.8 Å². The highest BCUT2D eigenvalue weighted by molar-refractivity contribution is 8.00. The summed E-state index contributed by atoms with van der Waals surface area (Å²) in [6.07, 6.45) is 3.95.